The van der Waals surface area contributed by atoms with E-state index in [1.54, 1.807) is 7.11 Å². The average Bonchev–Trinajstić information content (AvgIpc) is 2.14. The Balaban J connectivity index is 3.70. The first-order valence-electron chi connectivity index (χ1n) is 4.92. The first-order chi connectivity index (χ1) is 6.26. The molecule has 13 heavy (non-hydrogen) atoms. The molecule has 0 rings (SSSR count). The third-order valence-electron chi connectivity index (χ3n) is 2.03. The van der Waals surface area contributed by atoms with Gasteiger partial charge in [0, 0.05) is 13.5 Å². The van der Waals surface area contributed by atoms with Crippen LogP contribution in [-0.4, -0.2) is 19.0 Å². The normalized spacial score (nSPS) is 12.5. The van der Waals surface area contributed by atoms with Gasteiger partial charge in [0.15, 0.2) is 5.78 Å². The van der Waals surface area contributed by atoms with E-state index >= 15 is 0 Å². The molecule has 0 saturated carbocycles. The summed E-state index contributed by atoms with van der Waals surface area (Å²) >= 11 is 0. The predicted molar refractivity (Wildman–Crippen MR) is 54.8 cm³/mol. The van der Waals surface area contributed by atoms with Crippen molar-refractivity contribution in [2.45, 2.75) is 45.1 Å². The number of ketones is 1. The number of ether oxygens (including phenoxy) is 1. The van der Waals surface area contributed by atoms with Crippen molar-refractivity contribution >= 4 is 5.78 Å². The van der Waals surface area contributed by atoms with Gasteiger partial charge in [0.2, 0.25) is 0 Å². The topological polar surface area (TPSA) is 26.3 Å². The number of hydrogen-bond donors (Lipinski definition) is 0. The number of carbonyl (C=O) groups is 1. The zero-order valence-corrected chi connectivity index (χ0v) is 8.71. The molecule has 0 radical (unpaired) electrons. The lowest BCUT2D eigenvalue weighted by atomic mass is 10.1. The molecule has 0 fully saturated rings. The molecule has 0 saturated heterocycles. The van der Waals surface area contributed by atoms with E-state index in [9.17, 15) is 4.79 Å². The summed E-state index contributed by atoms with van der Waals surface area (Å²) in [6.07, 6.45) is 5.91. The van der Waals surface area contributed by atoms with Gasteiger partial charge >= 0.3 is 0 Å². The lowest BCUT2D eigenvalue weighted by Crippen LogP contribution is -2.22. The standard InChI is InChI=1S/C11H20O2/c1-4-6-7-9-10(12)11(13-3)8-5-2/h4,11H,1,5-9H2,2-3H3. The van der Waals surface area contributed by atoms with Crippen LogP contribution in [0.25, 0.3) is 0 Å². The van der Waals surface area contributed by atoms with Gasteiger partial charge in [0.25, 0.3) is 0 Å². The van der Waals surface area contributed by atoms with E-state index < -0.39 is 0 Å². The summed E-state index contributed by atoms with van der Waals surface area (Å²) in [5, 5.41) is 0. The summed E-state index contributed by atoms with van der Waals surface area (Å²) in [6.45, 7) is 5.67. The Labute approximate surface area is 81.0 Å². The van der Waals surface area contributed by atoms with Gasteiger partial charge in [-0.05, 0) is 19.3 Å². The predicted octanol–water partition coefficient (Wildman–Crippen LogP) is 2.73. The first-order valence-corrected chi connectivity index (χ1v) is 4.92. The van der Waals surface area contributed by atoms with Crippen molar-refractivity contribution in [1.29, 1.82) is 0 Å². The Hall–Kier alpha value is -0.630. The zero-order valence-electron chi connectivity index (χ0n) is 8.71. The second kappa shape index (κ2) is 7.99. The Kier molecular flexibility index (Phi) is 7.60. The van der Waals surface area contributed by atoms with E-state index in [0.29, 0.717) is 6.42 Å². The molecule has 0 aromatic heterocycles. The monoisotopic (exact) mass is 184 g/mol. The third kappa shape index (κ3) is 5.58. The van der Waals surface area contributed by atoms with Crippen molar-refractivity contribution < 1.29 is 9.53 Å². The molecule has 0 spiro atoms. The van der Waals surface area contributed by atoms with E-state index in [4.69, 9.17) is 4.74 Å². The first kappa shape index (κ1) is 12.4. The number of hydrogen-bond acceptors (Lipinski definition) is 2. The van der Waals surface area contributed by atoms with Gasteiger partial charge in [0.1, 0.15) is 6.10 Å². The van der Waals surface area contributed by atoms with E-state index in [-0.39, 0.29) is 11.9 Å². The highest BCUT2D eigenvalue weighted by atomic mass is 16.5. The van der Waals surface area contributed by atoms with Crippen molar-refractivity contribution in [3.63, 3.8) is 0 Å². The molecule has 0 aliphatic carbocycles. The maximum absolute atomic E-state index is 11.5. The van der Waals surface area contributed by atoms with Gasteiger partial charge in [-0.15, -0.1) is 6.58 Å². The molecule has 76 valence electrons. The van der Waals surface area contributed by atoms with Gasteiger partial charge in [-0.25, -0.2) is 0 Å². The van der Waals surface area contributed by atoms with Crippen LogP contribution in [0.15, 0.2) is 12.7 Å². The van der Waals surface area contributed by atoms with Crippen molar-refractivity contribution in [2.75, 3.05) is 7.11 Å². The zero-order chi connectivity index (χ0) is 10.1. The van der Waals surface area contributed by atoms with Gasteiger partial charge in [-0.2, -0.15) is 0 Å². The van der Waals surface area contributed by atoms with E-state index in [2.05, 4.69) is 13.5 Å². The molecule has 0 bridgehead atoms. The molecule has 0 N–H and O–H groups in total. The lowest BCUT2D eigenvalue weighted by Gasteiger charge is -2.12. The highest BCUT2D eigenvalue weighted by molar-refractivity contribution is 5.82. The second-order valence-corrected chi connectivity index (χ2v) is 3.16. The van der Waals surface area contributed by atoms with Crippen LogP contribution in [0.2, 0.25) is 0 Å². The van der Waals surface area contributed by atoms with Crippen LogP contribution in [0.4, 0.5) is 0 Å². The number of methoxy groups -OCH3 is 1. The molecule has 0 aliphatic rings. The maximum atomic E-state index is 11.5. The molecular weight excluding hydrogens is 164 g/mol. The number of Topliss-reactive ketones (excluding diaryl/α,β-unsaturated/α-hetero) is 1. The Morgan fingerprint density at radius 3 is 2.77 bits per heavy atom. The minimum absolute atomic E-state index is 0.185. The number of rotatable bonds is 8. The van der Waals surface area contributed by atoms with Crippen molar-refractivity contribution in [3.8, 4) is 0 Å². The fraction of sp³-hybridized carbons (Fsp3) is 0.727. The van der Waals surface area contributed by atoms with Crippen molar-refractivity contribution in [2.24, 2.45) is 0 Å². The number of unbranched alkanes of at least 4 members (excludes halogenated alkanes) is 1. The van der Waals surface area contributed by atoms with Crippen LogP contribution in [0, 0.1) is 0 Å². The molecular formula is C11H20O2. The van der Waals surface area contributed by atoms with Gasteiger partial charge in [0.05, 0.1) is 0 Å². The fourth-order valence-electron chi connectivity index (χ4n) is 1.25. The van der Waals surface area contributed by atoms with Crippen LogP contribution in [0.3, 0.4) is 0 Å². The molecule has 2 heteroatoms. The Bertz CT molecular complexity index is 152. The number of carbonyl (C=O) groups excluding carboxylic acids is 1. The highest BCUT2D eigenvalue weighted by Crippen LogP contribution is 2.07. The van der Waals surface area contributed by atoms with E-state index in [1.165, 1.54) is 0 Å². The quantitative estimate of drug-likeness (QED) is 0.428. The van der Waals surface area contributed by atoms with Gasteiger partial charge in [-0.3, -0.25) is 4.79 Å². The number of allylic oxidation sites excluding steroid dienone is 1. The third-order valence-corrected chi connectivity index (χ3v) is 2.03. The molecule has 2 nitrogen and oxygen atoms in total. The van der Waals surface area contributed by atoms with Crippen LogP contribution in [-0.2, 0) is 9.53 Å². The molecule has 0 aromatic rings. The van der Waals surface area contributed by atoms with E-state index in [0.717, 1.165) is 25.7 Å². The summed E-state index contributed by atoms with van der Waals surface area (Å²) in [6, 6.07) is 0. The van der Waals surface area contributed by atoms with Crippen LogP contribution < -0.4 is 0 Å². The molecule has 0 aliphatic heterocycles. The second-order valence-electron chi connectivity index (χ2n) is 3.16. The summed E-state index contributed by atoms with van der Waals surface area (Å²) in [5.41, 5.74) is 0. The minimum Gasteiger partial charge on any atom is -0.374 e. The largest absolute Gasteiger partial charge is 0.374 e. The molecule has 1 atom stereocenters. The van der Waals surface area contributed by atoms with Crippen molar-refractivity contribution in [3.05, 3.63) is 12.7 Å². The summed E-state index contributed by atoms with van der Waals surface area (Å²) in [7, 11) is 1.60. The molecule has 0 aromatic carbocycles. The lowest BCUT2D eigenvalue weighted by molar-refractivity contribution is -0.129. The fourth-order valence-corrected chi connectivity index (χ4v) is 1.25. The van der Waals surface area contributed by atoms with Crippen molar-refractivity contribution in [1.82, 2.24) is 0 Å². The minimum atomic E-state index is -0.185. The van der Waals surface area contributed by atoms with E-state index in [1.807, 2.05) is 6.08 Å². The molecule has 0 amide bonds. The molecule has 0 heterocycles. The maximum Gasteiger partial charge on any atom is 0.161 e. The van der Waals surface area contributed by atoms with Crippen LogP contribution >= 0.6 is 0 Å². The summed E-state index contributed by atoms with van der Waals surface area (Å²) < 4.78 is 5.11. The van der Waals surface area contributed by atoms with Crippen LogP contribution in [0.1, 0.15) is 39.0 Å². The Morgan fingerprint density at radius 2 is 2.31 bits per heavy atom. The molecule has 1 unspecified atom stereocenters. The van der Waals surface area contributed by atoms with Gasteiger partial charge < -0.3 is 4.74 Å². The SMILES string of the molecule is C=CCCCC(=O)C(CCC)OC. The average molecular weight is 184 g/mol. The smallest absolute Gasteiger partial charge is 0.161 e. The Morgan fingerprint density at radius 1 is 1.62 bits per heavy atom. The highest BCUT2D eigenvalue weighted by Gasteiger charge is 2.15. The summed E-state index contributed by atoms with van der Waals surface area (Å²) in [4.78, 5) is 11.5. The van der Waals surface area contributed by atoms with Crippen LogP contribution in [0.5, 0.6) is 0 Å². The van der Waals surface area contributed by atoms with Gasteiger partial charge in [-0.1, -0.05) is 19.4 Å². The summed E-state index contributed by atoms with van der Waals surface area (Å²) in [5.74, 6) is 0.228.